The van der Waals surface area contributed by atoms with Crippen molar-refractivity contribution in [1.82, 2.24) is 14.9 Å². The van der Waals surface area contributed by atoms with Gasteiger partial charge in [-0.1, -0.05) is 0 Å². The monoisotopic (exact) mass is 225 g/mol. The highest BCUT2D eigenvalue weighted by atomic mass is 16.5. The molecule has 0 radical (unpaired) electrons. The molecule has 0 spiro atoms. The van der Waals surface area contributed by atoms with Gasteiger partial charge in [0.2, 0.25) is 0 Å². The molecule has 4 nitrogen and oxygen atoms in total. The molecule has 92 valence electrons. The van der Waals surface area contributed by atoms with E-state index in [0.717, 1.165) is 12.4 Å². The fraction of sp³-hybridized carbons (Fsp3) is 0.750. The minimum absolute atomic E-state index is 0.125. The second-order valence-corrected chi connectivity index (χ2v) is 5.12. The van der Waals surface area contributed by atoms with Crippen LogP contribution in [0.4, 0.5) is 0 Å². The van der Waals surface area contributed by atoms with E-state index >= 15 is 0 Å². The Labute approximate surface area is 98.0 Å². The Morgan fingerprint density at radius 1 is 1.50 bits per heavy atom. The number of methoxy groups -OCH3 is 1. The van der Waals surface area contributed by atoms with E-state index < -0.39 is 0 Å². The maximum Gasteiger partial charge on any atom is 0.105 e. The lowest BCUT2D eigenvalue weighted by Crippen LogP contribution is -2.40. The average Bonchev–Trinajstić information content (AvgIpc) is 2.57. The third kappa shape index (κ3) is 3.94. The minimum Gasteiger partial charge on any atom is -0.382 e. The summed E-state index contributed by atoms with van der Waals surface area (Å²) in [6.45, 7) is 10.1. The van der Waals surface area contributed by atoms with Crippen LogP contribution in [0.15, 0.2) is 12.4 Å². The SMILES string of the molecule is COCC(CNC(C)(C)C)n1ccnc1C. The van der Waals surface area contributed by atoms with Gasteiger partial charge in [0.05, 0.1) is 12.6 Å². The summed E-state index contributed by atoms with van der Waals surface area (Å²) < 4.78 is 7.41. The number of imidazole rings is 1. The van der Waals surface area contributed by atoms with E-state index in [1.807, 2.05) is 19.3 Å². The van der Waals surface area contributed by atoms with Crippen molar-refractivity contribution in [3.8, 4) is 0 Å². The van der Waals surface area contributed by atoms with Crippen molar-refractivity contribution in [1.29, 1.82) is 0 Å². The Morgan fingerprint density at radius 2 is 2.19 bits per heavy atom. The molecule has 16 heavy (non-hydrogen) atoms. The molecule has 1 aromatic heterocycles. The number of rotatable bonds is 5. The molecule has 0 saturated carbocycles. The van der Waals surface area contributed by atoms with Crippen molar-refractivity contribution in [2.75, 3.05) is 20.3 Å². The van der Waals surface area contributed by atoms with Crippen LogP contribution in [0.3, 0.4) is 0 Å². The maximum absolute atomic E-state index is 5.26. The molecule has 4 heteroatoms. The van der Waals surface area contributed by atoms with Gasteiger partial charge in [0.25, 0.3) is 0 Å². The van der Waals surface area contributed by atoms with Crippen LogP contribution >= 0.6 is 0 Å². The van der Waals surface area contributed by atoms with Crippen molar-refractivity contribution < 1.29 is 4.74 Å². The predicted molar refractivity (Wildman–Crippen MR) is 65.6 cm³/mol. The molecule has 1 N–H and O–H groups in total. The van der Waals surface area contributed by atoms with Gasteiger partial charge in [0, 0.05) is 31.6 Å². The molecule has 0 bridgehead atoms. The molecule has 1 aromatic rings. The first kappa shape index (κ1) is 13.2. The highest BCUT2D eigenvalue weighted by molar-refractivity contribution is 4.93. The Hall–Kier alpha value is -0.870. The highest BCUT2D eigenvalue weighted by Gasteiger charge is 2.16. The molecule has 0 aromatic carbocycles. The molecule has 0 aliphatic heterocycles. The van der Waals surface area contributed by atoms with Crippen LogP contribution in [0.5, 0.6) is 0 Å². The summed E-state index contributed by atoms with van der Waals surface area (Å²) in [5.74, 6) is 1.03. The largest absolute Gasteiger partial charge is 0.382 e. The quantitative estimate of drug-likeness (QED) is 0.830. The zero-order valence-electron chi connectivity index (χ0n) is 10.9. The summed E-state index contributed by atoms with van der Waals surface area (Å²) in [6, 6.07) is 0.298. The highest BCUT2D eigenvalue weighted by Crippen LogP contribution is 2.10. The van der Waals surface area contributed by atoms with E-state index in [-0.39, 0.29) is 5.54 Å². The molecule has 1 unspecified atom stereocenters. The summed E-state index contributed by atoms with van der Waals surface area (Å²) in [5, 5.41) is 3.49. The topological polar surface area (TPSA) is 39.1 Å². The molecule has 0 aliphatic rings. The summed E-state index contributed by atoms with van der Waals surface area (Å²) >= 11 is 0. The first-order valence-electron chi connectivity index (χ1n) is 5.67. The second kappa shape index (κ2) is 5.46. The van der Waals surface area contributed by atoms with Crippen molar-refractivity contribution >= 4 is 0 Å². The first-order valence-corrected chi connectivity index (χ1v) is 5.67. The maximum atomic E-state index is 5.26. The van der Waals surface area contributed by atoms with Gasteiger partial charge in [0.1, 0.15) is 5.82 Å². The summed E-state index contributed by atoms with van der Waals surface area (Å²) in [5.41, 5.74) is 0.125. The summed E-state index contributed by atoms with van der Waals surface area (Å²) in [4.78, 5) is 4.24. The minimum atomic E-state index is 0.125. The molecule has 0 aliphatic carbocycles. The number of nitrogens with zero attached hydrogens (tertiary/aromatic N) is 2. The van der Waals surface area contributed by atoms with Crippen molar-refractivity contribution in [2.24, 2.45) is 0 Å². The van der Waals surface area contributed by atoms with Gasteiger partial charge in [-0.25, -0.2) is 4.98 Å². The van der Waals surface area contributed by atoms with Gasteiger partial charge in [0.15, 0.2) is 0 Å². The fourth-order valence-corrected chi connectivity index (χ4v) is 1.63. The van der Waals surface area contributed by atoms with Crippen LogP contribution in [-0.2, 0) is 4.74 Å². The lowest BCUT2D eigenvalue weighted by molar-refractivity contribution is 0.148. The van der Waals surface area contributed by atoms with E-state index in [1.165, 1.54) is 0 Å². The van der Waals surface area contributed by atoms with Crippen molar-refractivity contribution in [3.05, 3.63) is 18.2 Å². The number of hydrogen-bond donors (Lipinski definition) is 1. The molecule has 1 heterocycles. The van der Waals surface area contributed by atoms with Crippen LogP contribution in [-0.4, -0.2) is 35.4 Å². The van der Waals surface area contributed by atoms with Gasteiger partial charge in [-0.3, -0.25) is 0 Å². The van der Waals surface area contributed by atoms with Crippen molar-refractivity contribution in [2.45, 2.75) is 39.3 Å². The van der Waals surface area contributed by atoms with Crippen LogP contribution < -0.4 is 5.32 Å². The summed E-state index contributed by atoms with van der Waals surface area (Å²) in [7, 11) is 1.73. The normalized spacial score (nSPS) is 14.1. The first-order chi connectivity index (χ1) is 7.44. The Morgan fingerprint density at radius 3 is 2.62 bits per heavy atom. The van der Waals surface area contributed by atoms with E-state index in [1.54, 1.807) is 7.11 Å². The van der Waals surface area contributed by atoms with Crippen LogP contribution in [0, 0.1) is 6.92 Å². The number of hydrogen-bond acceptors (Lipinski definition) is 3. The Balaban J connectivity index is 2.65. The number of aromatic nitrogens is 2. The number of nitrogens with one attached hydrogen (secondary N) is 1. The fourth-order valence-electron chi connectivity index (χ4n) is 1.63. The van der Waals surface area contributed by atoms with Gasteiger partial charge in [-0.15, -0.1) is 0 Å². The van der Waals surface area contributed by atoms with Gasteiger partial charge in [-0.2, -0.15) is 0 Å². The Kier molecular flexibility index (Phi) is 4.50. The molecule has 0 fully saturated rings. The average molecular weight is 225 g/mol. The molecule has 1 rings (SSSR count). The van der Waals surface area contributed by atoms with E-state index in [4.69, 9.17) is 4.74 Å². The molecular formula is C12H23N3O. The molecule has 0 saturated heterocycles. The number of aryl methyl sites for hydroxylation is 1. The van der Waals surface area contributed by atoms with Crippen molar-refractivity contribution in [3.63, 3.8) is 0 Å². The molecular weight excluding hydrogens is 202 g/mol. The second-order valence-electron chi connectivity index (χ2n) is 5.12. The van der Waals surface area contributed by atoms with Crippen LogP contribution in [0.1, 0.15) is 32.6 Å². The smallest absolute Gasteiger partial charge is 0.105 e. The van der Waals surface area contributed by atoms with Crippen LogP contribution in [0.25, 0.3) is 0 Å². The molecule has 1 atom stereocenters. The predicted octanol–water partition coefficient (Wildman–Crippen LogP) is 1.77. The van der Waals surface area contributed by atoms with Crippen LogP contribution in [0.2, 0.25) is 0 Å². The lowest BCUT2D eigenvalue weighted by Gasteiger charge is -2.26. The van der Waals surface area contributed by atoms with Gasteiger partial charge >= 0.3 is 0 Å². The summed E-state index contributed by atoms with van der Waals surface area (Å²) in [6.07, 6.45) is 3.83. The van der Waals surface area contributed by atoms with Gasteiger partial charge in [-0.05, 0) is 27.7 Å². The Bertz CT molecular complexity index is 314. The molecule has 0 amide bonds. The van der Waals surface area contributed by atoms with E-state index in [0.29, 0.717) is 12.6 Å². The lowest BCUT2D eigenvalue weighted by atomic mass is 10.1. The van der Waals surface area contributed by atoms with E-state index in [9.17, 15) is 0 Å². The standard InChI is InChI=1S/C12H23N3O/c1-10-13-6-7-15(10)11(9-16-5)8-14-12(2,3)4/h6-7,11,14H,8-9H2,1-5H3. The zero-order chi connectivity index (χ0) is 12.2. The number of ether oxygens (including phenoxy) is 1. The third-order valence-electron chi connectivity index (χ3n) is 2.48. The van der Waals surface area contributed by atoms with Gasteiger partial charge < -0.3 is 14.6 Å². The third-order valence-corrected chi connectivity index (χ3v) is 2.48. The van der Waals surface area contributed by atoms with E-state index in [2.05, 4.69) is 35.6 Å². The zero-order valence-corrected chi connectivity index (χ0v) is 10.9.